The maximum Gasteiger partial charge on any atom is 0.418 e. The molecule has 0 saturated carbocycles. The zero-order valence-electron chi connectivity index (χ0n) is 25.0. The fraction of sp³-hybridized carbons (Fsp3) is 0.333. The van der Waals surface area contributed by atoms with Gasteiger partial charge in [0.05, 0.1) is 11.2 Å². The van der Waals surface area contributed by atoms with E-state index in [4.69, 9.17) is 19.4 Å². The lowest BCUT2D eigenvalue weighted by Crippen LogP contribution is -2.39. The van der Waals surface area contributed by atoms with Crippen LogP contribution >= 0.6 is 0 Å². The summed E-state index contributed by atoms with van der Waals surface area (Å²) in [5.74, 6) is 1.21. The van der Waals surface area contributed by atoms with Gasteiger partial charge in [-0.1, -0.05) is 42.5 Å². The van der Waals surface area contributed by atoms with Crippen molar-refractivity contribution in [3.05, 3.63) is 78.8 Å². The number of nitrogens with zero attached hydrogens (tertiary/aromatic N) is 4. The monoisotopic (exact) mass is 567 g/mol. The van der Waals surface area contributed by atoms with E-state index in [1.165, 1.54) is 4.57 Å². The Morgan fingerprint density at radius 3 is 2.24 bits per heavy atom. The van der Waals surface area contributed by atoms with Crippen LogP contribution in [0, 0.1) is 0 Å². The van der Waals surface area contributed by atoms with Crippen molar-refractivity contribution in [1.29, 1.82) is 0 Å². The van der Waals surface area contributed by atoms with Gasteiger partial charge in [-0.3, -0.25) is 4.57 Å². The highest BCUT2D eigenvalue weighted by molar-refractivity contribution is 5.92. The van der Waals surface area contributed by atoms with Crippen molar-refractivity contribution in [2.75, 3.05) is 18.4 Å². The Morgan fingerprint density at radius 1 is 0.857 bits per heavy atom. The van der Waals surface area contributed by atoms with Crippen molar-refractivity contribution in [3.8, 4) is 11.3 Å². The zero-order chi connectivity index (χ0) is 30.1. The number of hydrogen-bond donors (Lipinski definition) is 1. The SMILES string of the molecule is CC(C)(C)OC(=O)N1CC=C(c2nc(Nc3ccc4ccn(C(=O)OC(C)(C)C)c4c3)cc(-c3ccccc3)n2)CC1. The number of amides is 1. The van der Waals surface area contributed by atoms with E-state index in [9.17, 15) is 9.59 Å². The topological polar surface area (TPSA) is 98.6 Å². The van der Waals surface area contributed by atoms with Crippen LogP contribution in [0.15, 0.2) is 72.9 Å². The maximum atomic E-state index is 12.8. The van der Waals surface area contributed by atoms with Crippen LogP contribution in [-0.2, 0) is 9.47 Å². The van der Waals surface area contributed by atoms with Crippen LogP contribution in [0.25, 0.3) is 27.7 Å². The Bertz CT molecular complexity index is 1640. The van der Waals surface area contributed by atoms with Gasteiger partial charge in [-0.15, -0.1) is 0 Å². The molecule has 2 aromatic heterocycles. The lowest BCUT2D eigenvalue weighted by Gasteiger charge is -2.29. The molecule has 9 nitrogen and oxygen atoms in total. The molecule has 4 aromatic rings. The Hall–Kier alpha value is -4.66. The summed E-state index contributed by atoms with van der Waals surface area (Å²) in [4.78, 5) is 36.8. The smallest absolute Gasteiger partial charge is 0.418 e. The lowest BCUT2D eigenvalue weighted by atomic mass is 10.1. The number of carbonyl (C=O) groups excluding carboxylic acids is 2. The van der Waals surface area contributed by atoms with Gasteiger partial charge in [-0.2, -0.15) is 0 Å². The van der Waals surface area contributed by atoms with Gasteiger partial charge in [-0.05, 0) is 71.7 Å². The van der Waals surface area contributed by atoms with Crippen molar-refractivity contribution in [3.63, 3.8) is 0 Å². The van der Waals surface area contributed by atoms with Gasteiger partial charge in [0, 0.05) is 42.0 Å². The molecule has 1 aliphatic heterocycles. The summed E-state index contributed by atoms with van der Waals surface area (Å²) in [6.07, 6.45) is 3.54. The van der Waals surface area contributed by atoms with Gasteiger partial charge in [-0.25, -0.2) is 19.6 Å². The second-order valence-corrected chi connectivity index (χ2v) is 12.3. The molecular weight excluding hydrogens is 530 g/mol. The molecule has 0 fully saturated rings. The summed E-state index contributed by atoms with van der Waals surface area (Å²) in [6.45, 7) is 12.1. The Labute approximate surface area is 246 Å². The minimum atomic E-state index is -0.605. The second kappa shape index (κ2) is 11.3. The van der Waals surface area contributed by atoms with Crippen molar-refractivity contribution < 1.29 is 19.1 Å². The average Bonchev–Trinajstić information content (AvgIpc) is 3.35. The molecule has 9 heteroatoms. The molecule has 42 heavy (non-hydrogen) atoms. The minimum absolute atomic E-state index is 0.328. The molecule has 1 aliphatic rings. The van der Waals surface area contributed by atoms with Crippen LogP contribution in [0.4, 0.5) is 21.1 Å². The third-order valence-electron chi connectivity index (χ3n) is 6.50. The molecule has 2 aromatic carbocycles. The van der Waals surface area contributed by atoms with Crippen LogP contribution in [0.2, 0.25) is 0 Å². The summed E-state index contributed by atoms with van der Waals surface area (Å²) >= 11 is 0. The minimum Gasteiger partial charge on any atom is -0.444 e. The van der Waals surface area contributed by atoms with E-state index in [0.717, 1.165) is 33.4 Å². The number of benzene rings is 2. The molecule has 5 rings (SSSR count). The molecule has 1 N–H and O–H groups in total. The third-order valence-corrected chi connectivity index (χ3v) is 6.50. The van der Waals surface area contributed by atoms with Crippen molar-refractivity contribution in [2.24, 2.45) is 0 Å². The molecule has 1 amide bonds. The van der Waals surface area contributed by atoms with E-state index in [1.54, 1.807) is 11.1 Å². The summed E-state index contributed by atoms with van der Waals surface area (Å²) in [5.41, 5.74) is 3.04. The fourth-order valence-corrected chi connectivity index (χ4v) is 4.60. The Kier molecular flexibility index (Phi) is 7.77. The van der Waals surface area contributed by atoms with Crippen LogP contribution in [0.3, 0.4) is 0 Å². The van der Waals surface area contributed by atoms with E-state index >= 15 is 0 Å². The quantitative estimate of drug-likeness (QED) is 0.270. The number of anilines is 2. The Balaban J connectivity index is 1.45. The number of ether oxygens (including phenoxy) is 2. The number of rotatable bonds is 4. The van der Waals surface area contributed by atoms with Gasteiger partial charge in [0.1, 0.15) is 17.0 Å². The third kappa shape index (κ3) is 6.97. The fourth-order valence-electron chi connectivity index (χ4n) is 4.60. The van der Waals surface area contributed by atoms with Crippen molar-refractivity contribution in [1.82, 2.24) is 19.4 Å². The standard InChI is InChI=1S/C33H37N5O4/c1-32(2,3)41-30(39)37-17-14-24(15-18-37)29-35-26(22-10-8-7-9-11-22)21-28(36-29)34-25-13-12-23-16-19-38(27(23)20-25)31(40)42-33(4,5)6/h7-14,16,19-21H,15,17-18H2,1-6H3,(H,34,35,36). The molecule has 0 bridgehead atoms. The van der Waals surface area contributed by atoms with Gasteiger partial charge in [0.25, 0.3) is 0 Å². The highest BCUT2D eigenvalue weighted by Gasteiger charge is 2.25. The number of aromatic nitrogens is 3. The van der Waals surface area contributed by atoms with Crippen LogP contribution in [0.5, 0.6) is 0 Å². The van der Waals surface area contributed by atoms with Gasteiger partial charge in [0.15, 0.2) is 5.82 Å². The molecule has 0 saturated heterocycles. The van der Waals surface area contributed by atoms with Gasteiger partial charge in [0.2, 0.25) is 0 Å². The van der Waals surface area contributed by atoms with Crippen LogP contribution in [-0.4, -0.2) is 55.9 Å². The molecule has 0 unspecified atom stereocenters. The number of nitrogens with one attached hydrogen (secondary N) is 1. The molecule has 3 heterocycles. The average molecular weight is 568 g/mol. The maximum absolute atomic E-state index is 12.8. The van der Waals surface area contributed by atoms with E-state index in [0.29, 0.717) is 31.2 Å². The van der Waals surface area contributed by atoms with Crippen LogP contribution < -0.4 is 5.32 Å². The predicted octanol–water partition coefficient (Wildman–Crippen LogP) is 7.65. The summed E-state index contributed by atoms with van der Waals surface area (Å²) in [6, 6.07) is 19.5. The number of carbonyl (C=O) groups is 2. The Morgan fingerprint density at radius 2 is 1.57 bits per heavy atom. The zero-order valence-corrected chi connectivity index (χ0v) is 25.0. The molecule has 0 radical (unpaired) electrons. The first-order chi connectivity index (χ1) is 19.8. The summed E-state index contributed by atoms with van der Waals surface area (Å²) in [7, 11) is 0. The molecule has 0 atom stereocenters. The summed E-state index contributed by atoms with van der Waals surface area (Å²) in [5, 5.41) is 4.33. The molecular formula is C33H37N5O4. The predicted molar refractivity (Wildman–Crippen MR) is 165 cm³/mol. The van der Waals surface area contributed by atoms with Crippen molar-refractivity contribution in [2.45, 2.75) is 59.2 Å². The molecule has 218 valence electrons. The van der Waals surface area contributed by atoms with E-state index < -0.39 is 17.3 Å². The van der Waals surface area contributed by atoms with E-state index in [-0.39, 0.29) is 6.09 Å². The van der Waals surface area contributed by atoms with Gasteiger partial charge >= 0.3 is 12.2 Å². The van der Waals surface area contributed by atoms with E-state index in [1.807, 2.05) is 108 Å². The highest BCUT2D eigenvalue weighted by Crippen LogP contribution is 2.29. The molecule has 0 aliphatic carbocycles. The lowest BCUT2D eigenvalue weighted by molar-refractivity contribution is 0.0270. The summed E-state index contributed by atoms with van der Waals surface area (Å²) < 4.78 is 12.6. The number of hydrogen-bond acceptors (Lipinski definition) is 7. The second-order valence-electron chi connectivity index (χ2n) is 12.3. The first-order valence-electron chi connectivity index (χ1n) is 14.1. The van der Waals surface area contributed by atoms with Crippen LogP contribution in [0.1, 0.15) is 53.8 Å². The highest BCUT2D eigenvalue weighted by atomic mass is 16.6. The molecule has 0 spiro atoms. The first-order valence-corrected chi connectivity index (χ1v) is 14.1. The van der Waals surface area contributed by atoms with Gasteiger partial charge < -0.3 is 19.7 Å². The normalized spacial score (nSPS) is 14.0. The van der Waals surface area contributed by atoms with E-state index in [2.05, 4.69) is 5.32 Å². The largest absolute Gasteiger partial charge is 0.444 e. The van der Waals surface area contributed by atoms with Crippen molar-refractivity contribution >= 4 is 40.2 Å². The first kappa shape index (κ1) is 28.9. The number of fused-ring (bicyclic) bond motifs is 1.